The smallest absolute Gasteiger partial charge is 0.306 e. The fraction of sp³-hybridized carbons (Fsp3) is 0.467. The number of nitrogens with zero attached hydrogens (tertiary/aromatic N) is 1. The number of ether oxygens (including phenoxy) is 1. The van der Waals surface area contributed by atoms with Crippen molar-refractivity contribution in [3.05, 3.63) is 29.8 Å². The molecule has 1 rings (SSSR count). The van der Waals surface area contributed by atoms with Crippen molar-refractivity contribution in [2.24, 2.45) is 5.73 Å². The Hall–Kier alpha value is -1.92. The monoisotopic (exact) mass is 293 g/mol. The second kappa shape index (κ2) is 9.10. The molecular weight excluding hydrogens is 270 g/mol. The molecule has 1 aromatic carbocycles. The quantitative estimate of drug-likeness (QED) is 0.698. The molecule has 116 valence electrons. The highest BCUT2D eigenvalue weighted by atomic mass is 16.5. The summed E-state index contributed by atoms with van der Waals surface area (Å²) in [7, 11) is 3.23. The molecule has 0 aromatic heterocycles. The van der Waals surface area contributed by atoms with Gasteiger partial charge in [-0.1, -0.05) is 12.1 Å². The minimum Gasteiger partial charge on any atom is -0.469 e. The molecule has 0 unspecified atom stereocenters. The zero-order valence-electron chi connectivity index (χ0n) is 12.6. The van der Waals surface area contributed by atoms with Crippen LogP contribution in [0.4, 0.5) is 5.69 Å². The van der Waals surface area contributed by atoms with E-state index in [1.807, 2.05) is 36.2 Å². The van der Waals surface area contributed by atoms with E-state index in [4.69, 9.17) is 5.73 Å². The van der Waals surface area contributed by atoms with Crippen LogP contribution < -0.4 is 11.1 Å². The van der Waals surface area contributed by atoms with Gasteiger partial charge in [-0.2, -0.15) is 0 Å². The molecule has 0 radical (unpaired) electrons. The van der Waals surface area contributed by atoms with Gasteiger partial charge in [-0.25, -0.2) is 0 Å². The van der Waals surface area contributed by atoms with Crippen molar-refractivity contribution in [1.82, 2.24) is 4.90 Å². The van der Waals surface area contributed by atoms with Gasteiger partial charge < -0.3 is 20.7 Å². The maximum atomic E-state index is 11.8. The number of esters is 1. The van der Waals surface area contributed by atoms with Crippen molar-refractivity contribution in [2.45, 2.75) is 19.4 Å². The molecule has 6 nitrogen and oxygen atoms in total. The summed E-state index contributed by atoms with van der Waals surface area (Å²) >= 11 is 0. The topological polar surface area (TPSA) is 84.7 Å². The highest BCUT2D eigenvalue weighted by Crippen LogP contribution is 2.09. The first-order valence-corrected chi connectivity index (χ1v) is 6.89. The van der Waals surface area contributed by atoms with Gasteiger partial charge in [0.05, 0.1) is 13.5 Å². The Labute approximate surface area is 125 Å². The van der Waals surface area contributed by atoms with Crippen molar-refractivity contribution in [3.63, 3.8) is 0 Å². The fourth-order valence-corrected chi connectivity index (χ4v) is 1.74. The summed E-state index contributed by atoms with van der Waals surface area (Å²) in [5.41, 5.74) is 7.30. The molecular formula is C15H23N3O3. The second-order valence-electron chi connectivity index (χ2n) is 4.83. The van der Waals surface area contributed by atoms with Crippen molar-refractivity contribution in [1.29, 1.82) is 0 Å². The van der Waals surface area contributed by atoms with E-state index in [2.05, 4.69) is 10.1 Å². The number of anilines is 1. The van der Waals surface area contributed by atoms with Gasteiger partial charge in [0.15, 0.2) is 0 Å². The highest BCUT2D eigenvalue weighted by molar-refractivity contribution is 5.90. The molecule has 0 spiro atoms. The number of carbonyl (C=O) groups excluding carboxylic acids is 2. The summed E-state index contributed by atoms with van der Waals surface area (Å²) < 4.78 is 4.57. The molecule has 0 fully saturated rings. The number of benzene rings is 1. The van der Waals surface area contributed by atoms with E-state index in [0.717, 1.165) is 11.3 Å². The molecule has 0 saturated heterocycles. The lowest BCUT2D eigenvalue weighted by molar-refractivity contribution is -0.140. The van der Waals surface area contributed by atoms with Crippen LogP contribution in [0, 0.1) is 0 Å². The first-order chi connectivity index (χ1) is 10.0. The van der Waals surface area contributed by atoms with Gasteiger partial charge in [-0.05, 0) is 24.7 Å². The molecule has 6 heteroatoms. The van der Waals surface area contributed by atoms with Gasteiger partial charge in [0.1, 0.15) is 0 Å². The largest absolute Gasteiger partial charge is 0.469 e. The third-order valence-corrected chi connectivity index (χ3v) is 3.12. The van der Waals surface area contributed by atoms with Crippen LogP contribution in [0.3, 0.4) is 0 Å². The number of rotatable bonds is 8. The van der Waals surface area contributed by atoms with E-state index >= 15 is 0 Å². The third-order valence-electron chi connectivity index (χ3n) is 3.12. The molecule has 0 bridgehead atoms. The minimum absolute atomic E-state index is 0.0552. The highest BCUT2D eigenvalue weighted by Gasteiger charge is 2.07. The Morgan fingerprint density at radius 3 is 2.38 bits per heavy atom. The van der Waals surface area contributed by atoms with Gasteiger partial charge in [0.2, 0.25) is 5.91 Å². The van der Waals surface area contributed by atoms with Crippen molar-refractivity contribution >= 4 is 17.6 Å². The molecule has 0 aliphatic heterocycles. The average molecular weight is 293 g/mol. The summed E-state index contributed by atoms with van der Waals surface area (Å²) in [6.45, 7) is 1.65. The number of hydrogen-bond donors (Lipinski definition) is 2. The number of hydrogen-bond acceptors (Lipinski definition) is 5. The van der Waals surface area contributed by atoms with Crippen molar-refractivity contribution in [3.8, 4) is 0 Å². The SMILES string of the molecule is COC(=O)CCN(C)CCC(=O)Nc1ccc(CN)cc1. The predicted octanol–water partition coefficient (Wildman–Crippen LogP) is 0.969. The van der Waals surface area contributed by atoms with E-state index in [0.29, 0.717) is 32.5 Å². The summed E-state index contributed by atoms with van der Waals surface area (Å²) in [5.74, 6) is -0.299. The van der Waals surface area contributed by atoms with Crippen LogP contribution >= 0.6 is 0 Å². The lowest BCUT2D eigenvalue weighted by Crippen LogP contribution is -2.26. The zero-order chi connectivity index (χ0) is 15.7. The van der Waals surface area contributed by atoms with Gasteiger partial charge in [0, 0.05) is 31.7 Å². The number of amides is 1. The number of nitrogens with one attached hydrogen (secondary N) is 1. The van der Waals surface area contributed by atoms with E-state index in [1.54, 1.807) is 0 Å². The molecule has 0 aliphatic carbocycles. The predicted molar refractivity (Wildman–Crippen MR) is 81.7 cm³/mol. The molecule has 3 N–H and O–H groups in total. The molecule has 1 amide bonds. The molecule has 0 atom stereocenters. The van der Waals surface area contributed by atoms with Crippen LogP contribution in [-0.4, -0.2) is 44.0 Å². The lowest BCUT2D eigenvalue weighted by atomic mass is 10.2. The third kappa shape index (κ3) is 6.87. The zero-order valence-corrected chi connectivity index (χ0v) is 12.6. The van der Waals surface area contributed by atoms with Crippen LogP contribution in [0.5, 0.6) is 0 Å². The molecule has 0 saturated carbocycles. The van der Waals surface area contributed by atoms with Crippen LogP contribution in [-0.2, 0) is 20.9 Å². The average Bonchev–Trinajstić information content (AvgIpc) is 2.51. The van der Waals surface area contributed by atoms with Gasteiger partial charge in [0.25, 0.3) is 0 Å². The van der Waals surface area contributed by atoms with Crippen molar-refractivity contribution in [2.75, 3.05) is 32.6 Å². The fourth-order valence-electron chi connectivity index (χ4n) is 1.74. The molecule has 0 heterocycles. The molecule has 1 aromatic rings. The van der Waals surface area contributed by atoms with Crippen LogP contribution in [0.25, 0.3) is 0 Å². The standard InChI is InChI=1S/C15H23N3O3/c1-18(10-8-15(20)21-2)9-7-14(19)17-13-5-3-12(11-16)4-6-13/h3-6H,7-11,16H2,1-2H3,(H,17,19). The van der Waals surface area contributed by atoms with E-state index in [9.17, 15) is 9.59 Å². The van der Waals surface area contributed by atoms with E-state index in [1.165, 1.54) is 7.11 Å². The Balaban J connectivity index is 2.28. The summed E-state index contributed by atoms with van der Waals surface area (Å²) in [4.78, 5) is 24.7. The van der Waals surface area contributed by atoms with Crippen LogP contribution in [0.15, 0.2) is 24.3 Å². The normalized spacial score (nSPS) is 10.5. The summed E-state index contributed by atoms with van der Waals surface area (Å²) in [6, 6.07) is 7.44. The first kappa shape index (κ1) is 17.1. The number of methoxy groups -OCH3 is 1. The van der Waals surface area contributed by atoms with Gasteiger partial charge >= 0.3 is 5.97 Å². The van der Waals surface area contributed by atoms with Gasteiger partial charge in [-0.15, -0.1) is 0 Å². The Kier molecular flexibility index (Phi) is 7.42. The molecule has 21 heavy (non-hydrogen) atoms. The van der Waals surface area contributed by atoms with Crippen LogP contribution in [0.2, 0.25) is 0 Å². The van der Waals surface area contributed by atoms with E-state index in [-0.39, 0.29) is 11.9 Å². The maximum Gasteiger partial charge on any atom is 0.306 e. The molecule has 0 aliphatic rings. The van der Waals surface area contributed by atoms with Gasteiger partial charge in [-0.3, -0.25) is 9.59 Å². The number of carbonyl (C=O) groups is 2. The number of nitrogens with two attached hydrogens (primary N) is 1. The Morgan fingerprint density at radius 2 is 1.81 bits per heavy atom. The van der Waals surface area contributed by atoms with Crippen LogP contribution in [0.1, 0.15) is 18.4 Å². The summed E-state index contributed by atoms with van der Waals surface area (Å²) in [6.07, 6.45) is 0.700. The lowest BCUT2D eigenvalue weighted by Gasteiger charge is -2.15. The minimum atomic E-state index is -0.244. The second-order valence-corrected chi connectivity index (χ2v) is 4.83. The Morgan fingerprint density at radius 1 is 1.19 bits per heavy atom. The maximum absolute atomic E-state index is 11.8. The summed E-state index contributed by atoms with van der Waals surface area (Å²) in [5, 5.41) is 2.83. The van der Waals surface area contributed by atoms with Crippen molar-refractivity contribution < 1.29 is 14.3 Å². The first-order valence-electron chi connectivity index (χ1n) is 6.89. The Bertz CT molecular complexity index is 460. The van der Waals surface area contributed by atoms with E-state index < -0.39 is 0 Å².